The summed E-state index contributed by atoms with van der Waals surface area (Å²) in [5.74, 6) is 0.992. The minimum atomic E-state index is 0.389. The predicted molar refractivity (Wildman–Crippen MR) is 67.3 cm³/mol. The Balaban J connectivity index is 2.57. The van der Waals surface area contributed by atoms with E-state index in [-0.39, 0.29) is 0 Å². The lowest BCUT2D eigenvalue weighted by atomic mass is 10.1. The average molecular weight is 225 g/mol. The van der Waals surface area contributed by atoms with Crippen LogP contribution < -0.4 is 5.73 Å². The molecule has 0 aliphatic carbocycles. The molecule has 84 valence electrons. The van der Waals surface area contributed by atoms with Crippen molar-refractivity contribution < 1.29 is 4.74 Å². The Labute approximate surface area is 96.2 Å². The largest absolute Gasteiger partial charge is 0.384 e. The molecule has 0 fully saturated rings. The monoisotopic (exact) mass is 225 g/mol. The van der Waals surface area contributed by atoms with Crippen molar-refractivity contribution in [2.75, 3.05) is 26.0 Å². The van der Waals surface area contributed by atoms with E-state index in [0.717, 1.165) is 12.4 Å². The molecule has 0 bridgehead atoms. The summed E-state index contributed by atoms with van der Waals surface area (Å²) >= 11 is 1.86. The highest BCUT2D eigenvalue weighted by molar-refractivity contribution is 7.99. The van der Waals surface area contributed by atoms with Crippen LogP contribution in [0.15, 0.2) is 24.3 Å². The Morgan fingerprint density at radius 2 is 2.27 bits per heavy atom. The first-order valence-electron chi connectivity index (χ1n) is 5.15. The summed E-state index contributed by atoms with van der Waals surface area (Å²) in [5.41, 5.74) is 8.38. The van der Waals surface area contributed by atoms with Gasteiger partial charge in [0.15, 0.2) is 0 Å². The van der Waals surface area contributed by atoms with E-state index < -0.39 is 0 Å². The lowest BCUT2D eigenvalue weighted by Gasteiger charge is -2.15. The molecule has 0 aliphatic rings. The number of nitrogens with two attached hydrogens (primary N) is 1. The lowest BCUT2D eigenvalue weighted by molar-refractivity contribution is 0.218. The van der Waals surface area contributed by atoms with E-state index in [1.807, 2.05) is 11.8 Å². The van der Waals surface area contributed by atoms with Crippen molar-refractivity contribution in [1.29, 1.82) is 0 Å². The summed E-state index contributed by atoms with van der Waals surface area (Å²) in [5, 5.41) is 0.389. The van der Waals surface area contributed by atoms with Gasteiger partial charge in [0.25, 0.3) is 0 Å². The van der Waals surface area contributed by atoms with Gasteiger partial charge in [-0.1, -0.05) is 29.8 Å². The highest BCUT2D eigenvalue weighted by atomic mass is 32.2. The van der Waals surface area contributed by atoms with Crippen LogP contribution in [0.2, 0.25) is 0 Å². The van der Waals surface area contributed by atoms with E-state index in [1.165, 1.54) is 11.1 Å². The van der Waals surface area contributed by atoms with Crippen LogP contribution in [-0.2, 0) is 4.74 Å². The summed E-state index contributed by atoms with van der Waals surface area (Å²) in [7, 11) is 1.73. The topological polar surface area (TPSA) is 35.2 Å². The number of ether oxygens (including phenoxy) is 1. The number of methoxy groups -OCH3 is 1. The zero-order valence-corrected chi connectivity index (χ0v) is 10.2. The molecule has 0 amide bonds. The first-order valence-corrected chi connectivity index (χ1v) is 6.20. The Hall–Kier alpha value is -0.510. The van der Waals surface area contributed by atoms with Crippen LogP contribution in [0.3, 0.4) is 0 Å². The Morgan fingerprint density at radius 1 is 1.47 bits per heavy atom. The zero-order chi connectivity index (χ0) is 11.1. The van der Waals surface area contributed by atoms with E-state index in [9.17, 15) is 0 Å². The quantitative estimate of drug-likeness (QED) is 0.755. The number of benzene rings is 1. The molecule has 0 saturated heterocycles. The maximum Gasteiger partial charge on any atom is 0.0553 e. The molecule has 1 aromatic rings. The normalized spacial score (nSPS) is 12.7. The highest BCUT2D eigenvalue weighted by Gasteiger charge is 2.09. The van der Waals surface area contributed by atoms with Crippen LogP contribution >= 0.6 is 11.8 Å². The first kappa shape index (κ1) is 12.6. The number of rotatable bonds is 6. The van der Waals surface area contributed by atoms with Crippen LogP contribution in [0.1, 0.15) is 16.4 Å². The van der Waals surface area contributed by atoms with Crippen LogP contribution in [0, 0.1) is 6.92 Å². The minimum absolute atomic E-state index is 0.389. The lowest BCUT2D eigenvalue weighted by Crippen LogP contribution is -2.11. The summed E-state index contributed by atoms with van der Waals surface area (Å²) in [6.45, 7) is 3.57. The van der Waals surface area contributed by atoms with Crippen molar-refractivity contribution in [2.24, 2.45) is 5.73 Å². The third kappa shape index (κ3) is 4.24. The fraction of sp³-hybridized carbons (Fsp3) is 0.500. The minimum Gasteiger partial charge on any atom is -0.384 e. The van der Waals surface area contributed by atoms with Gasteiger partial charge in [-0.05, 0) is 12.5 Å². The number of hydrogen-bond acceptors (Lipinski definition) is 3. The van der Waals surface area contributed by atoms with E-state index in [1.54, 1.807) is 7.11 Å². The molecule has 1 aromatic carbocycles. The second-order valence-corrected chi connectivity index (χ2v) is 4.81. The van der Waals surface area contributed by atoms with Gasteiger partial charge in [-0.2, -0.15) is 11.8 Å². The Bertz CT molecular complexity index is 291. The molecule has 0 radical (unpaired) electrons. The molecule has 1 atom stereocenters. The molecule has 0 aliphatic heterocycles. The molecule has 2 N–H and O–H groups in total. The van der Waals surface area contributed by atoms with Crippen molar-refractivity contribution in [3.63, 3.8) is 0 Å². The second kappa shape index (κ2) is 6.88. The van der Waals surface area contributed by atoms with Crippen molar-refractivity contribution in [2.45, 2.75) is 12.2 Å². The van der Waals surface area contributed by atoms with E-state index in [2.05, 4.69) is 31.2 Å². The van der Waals surface area contributed by atoms with Crippen molar-refractivity contribution in [1.82, 2.24) is 0 Å². The second-order valence-electron chi connectivity index (χ2n) is 3.50. The molecule has 1 unspecified atom stereocenters. The van der Waals surface area contributed by atoms with Crippen LogP contribution in [-0.4, -0.2) is 26.0 Å². The summed E-state index contributed by atoms with van der Waals surface area (Å²) in [6.07, 6.45) is 0. The zero-order valence-electron chi connectivity index (χ0n) is 9.40. The van der Waals surface area contributed by atoms with Crippen LogP contribution in [0.4, 0.5) is 0 Å². The van der Waals surface area contributed by atoms with Gasteiger partial charge < -0.3 is 10.5 Å². The standard InChI is InChI=1S/C12H19NOS/c1-10-4-3-5-11(8-10)12(9-13)15-7-6-14-2/h3-5,8,12H,6-7,9,13H2,1-2H3. The average Bonchev–Trinajstić information content (AvgIpc) is 2.24. The highest BCUT2D eigenvalue weighted by Crippen LogP contribution is 2.27. The molecule has 0 aromatic heterocycles. The van der Waals surface area contributed by atoms with Gasteiger partial charge in [-0.15, -0.1) is 0 Å². The van der Waals surface area contributed by atoms with E-state index >= 15 is 0 Å². The van der Waals surface area contributed by atoms with Gasteiger partial charge in [-0.3, -0.25) is 0 Å². The van der Waals surface area contributed by atoms with Crippen molar-refractivity contribution in [3.8, 4) is 0 Å². The van der Waals surface area contributed by atoms with Gasteiger partial charge in [0.2, 0.25) is 0 Å². The molecule has 0 saturated carbocycles. The first-order chi connectivity index (χ1) is 7.27. The van der Waals surface area contributed by atoms with Gasteiger partial charge >= 0.3 is 0 Å². The molecule has 15 heavy (non-hydrogen) atoms. The maximum absolute atomic E-state index is 5.78. The number of aryl methyl sites for hydroxylation is 1. The van der Waals surface area contributed by atoms with Gasteiger partial charge in [0.05, 0.1) is 6.61 Å². The molecule has 2 nitrogen and oxygen atoms in total. The van der Waals surface area contributed by atoms with Crippen LogP contribution in [0.5, 0.6) is 0 Å². The van der Waals surface area contributed by atoms with E-state index in [4.69, 9.17) is 10.5 Å². The Kier molecular flexibility index (Phi) is 5.76. The van der Waals surface area contributed by atoms with Crippen LogP contribution in [0.25, 0.3) is 0 Å². The summed E-state index contributed by atoms with van der Waals surface area (Å²) in [4.78, 5) is 0. The fourth-order valence-corrected chi connectivity index (χ4v) is 2.47. The third-order valence-electron chi connectivity index (χ3n) is 2.23. The molecular formula is C12H19NOS. The Morgan fingerprint density at radius 3 is 2.87 bits per heavy atom. The summed E-state index contributed by atoms with van der Waals surface area (Å²) < 4.78 is 5.03. The van der Waals surface area contributed by atoms with Gasteiger partial charge in [0.1, 0.15) is 0 Å². The van der Waals surface area contributed by atoms with Crippen molar-refractivity contribution in [3.05, 3.63) is 35.4 Å². The molecule has 3 heteroatoms. The predicted octanol–water partition coefficient (Wildman–Crippen LogP) is 2.37. The third-order valence-corrected chi connectivity index (χ3v) is 3.50. The van der Waals surface area contributed by atoms with Gasteiger partial charge in [0, 0.05) is 24.7 Å². The van der Waals surface area contributed by atoms with E-state index in [0.29, 0.717) is 11.8 Å². The maximum atomic E-state index is 5.78. The number of hydrogen-bond donors (Lipinski definition) is 1. The molecule has 1 rings (SSSR count). The fourth-order valence-electron chi connectivity index (χ4n) is 1.44. The smallest absolute Gasteiger partial charge is 0.0553 e. The molecule has 0 heterocycles. The molecular weight excluding hydrogens is 206 g/mol. The van der Waals surface area contributed by atoms with Crippen molar-refractivity contribution >= 4 is 11.8 Å². The molecule has 0 spiro atoms. The SMILES string of the molecule is COCCSC(CN)c1cccc(C)c1. The summed E-state index contributed by atoms with van der Waals surface area (Å²) in [6, 6.07) is 8.54. The van der Waals surface area contributed by atoms with Gasteiger partial charge in [-0.25, -0.2) is 0 Å². The number of thioether (sulfide) groups is 1.